The molecule has 0 aliphatic heterocycles. The van der Waals surface area contributed by atoms with Gasteiger partial charge in [0.25, 0.3) is 0 Å². The fourth-order valence-corrected chi connectivity index (χ4v) is 0.751. The van der Waals surface area contributed by atoms with E-state index >= 15 is 0 Å². The van der Waals surface area contributed by atoms with E-state index in [1.807, 2.05) is 43.5 Å². The molecule has 0 amide bonds. The van der Waals surface area contributed by atoms with Crippen LogP contribution in [-0.2, 0) is 0 Å². The lowest BCUT2D eigenvalue weighted by molar-refractivity contribution is 0.788. The molecular weight excluding hydrogens is 136 g/mol. The van der Waals surface area contributed by atoms with Crippen LogP contribution in [0.25, 0.3) is 0 Å². The van der Waals surface area contributed by atoms with Crippen LogP contribution in [0.5, 0.6) is 0 Å². The lowest BCUT2D eigenvalue weighted by Crippen LogP contribution is -2.02. The van der Waals surface area contributed by atoms with Crippen molar-refractivity contribution in [2.24, 2.45) is 5.10 Å². The van der Waals surface area contributed by atoms with Crippen LogP contribution in [0, 0.1) is 0 Å². The van der Waals surface area contributed by atoms with E-state index in [0.717, 1.165) is 12.1 Å². The largest absolute Gasteiger partial charge is 0.310 e. The monoisotopic (exact) mass is 148 g/mol. The van der Waals surface area contributed by atoms with Gasteiger partial charge < -0.3 is 5.43 Å². The Kier molecular flexibility index (Phi) is 3.19. The Bertz CT molecular complexity index is 216. The highest BCUT2D eigenvalue weighted by Gasteiger charge is 1.80. The second-order valence-electron chi connectivity index (χ2n) is 2.18. The first-order chi connectivity index (χ1) is 5.43. The van der Waals surface area contributed by atoms with Gasteiger partial charge in [0.15, 0.2) is 0 Å². The quantitative estimate of drug-likeness (QED) is 0.511. The fraction of sp³-hybridized carbons (Fsp3) is 0.222. The summed E-state index contributed by atoms with van der Waals surface area (Å²) in [6.07, 6.45) is 1.81. The Hall–Kier alpha value is -1.31. The first-order valence-electron chi connectivity index (χ1n) is 3.74. The standard InChI is InChI=1S/C9H12N2/c1-2-10-11-8-9-6-4-3-5-7-9/h3-8,10H,2H2,1H3/b11-8-. The summed E-state index contributed by atoms with van der Waals surface area (Å²) < 4.78 is 0. The zero-order chi connectivity index (χ0) is 7.94. The van der Waals surface area contributed by atoms with Gasteiger partial charge in [-0.3, -0.25) is 0 Å². The number of benzene rings is 1. The van der Waals surface area contributed by atoms with Crippen LogP contribution in [0.15, 0.2) is 35.4 Å². The molecule has 0 heterocycles. The zero-order valence-corrected chi connectivity index (χ0v) is 6.62. The van der Waals surface area contributed by atoms with Crippen molar-refractivity contribution in [2.45, 2.75) is 6.92 Å². The second-order valence-corrected chi connectivity index (χ2v) is 2.18. The Morgan fingerprint density at radius 1 is 1.36 bits per heavy atom. The van der Waals surface area contributed by atoms with E-state index < -0.39 is 0 Å². The third-order valence-corrected chi connectivity index (χ3v) is 1.26. The summed E-state index contributed by atoms with van der Waals surface area (Å²) in [7, 11) is 0. The molecule has 2 nitrogen and oxygen atoms in total. The van der Waals surface area contributed by atoms with Gasteiger partial charge in [-0.15, -0.1) is 0 Å². The predicted molar refractivity (Wildman–Crippen MR) is 47.7 cm³/mol. The average Bonchev–Trinajstić information content (AvgIpc) is 2.07. The minimum atomic E-state index is 0.864. The maximum Gasteiger partial charge on any atom is 0.0540 e. The number of nitrogens with one attached hydrogen (secondary N) is 1. The summed E-state index contributed by atoms with van der Waals surface area (Å²) in [5.41, 5.74) is 3.99. The normalized spacial score (nSPS) is 10.3. The molecule has 1 rings (SSSR count). The minimum Gasteiger partial charge on any atom is -0.310 e. The summed E-state index contributed by atoms with van der Waals surface area (Å²) >= 11 is 0. The summed E-state index contributed by atoms with van der Waals surface area (Å²) in [5.74, 6) is 0. The SMILES string of the molecule is CCN/N=C\c1ccccc1. The van der Waals surface area contributed by atoms with Gasteiger partial charge >= 0.3 is 0 Å². The molecule has 0 fully saturated rings. The van der Waals surface area contributed by atoms with E-state index in [2.05, 4.69) is 10.5 Å². The molecule has 0 aliphatic rings. The highest BCUT2D eigenvalue weighted by molar-refractivity contribution is 5.79. The second kappa shape index (κ2) is 4.50. The third kappa shape index (κ3) is 2.85. The van der Waals surface area contributed by atoms with Gasteiger partial charge in [0.1, 0.15) is 0 Å². The molecule has 0 bridgehead atoms. The predicted octanol–water partition coefficient (Wildman–Crippen LogP) is 1.63. The van der Waals surface area contributed by atoms with Crippen LogP contribution in [-0.4, -0.2) is 12.8 Å². The highest BCUT2D eigenvalue weighted by Crippen LogP contribution is 1.92. The van der Waals surface area contributed by atoms with Crippen molar-refractivity contribution < 1.29 is 0 Å². The zero-order valence-electron chi connectivity index (χ0n) is 6.62. The molecule has 1 aromatic rings. The molecule has 11 heavy (non-hydrogen) atoms. The van der Waals surface area contributed by atoms with Gasteiger partial charge in [-0.2, -0.15) is 5.10 Å². The molecule has 2 heteroatoms. The minimum absolute atomic E-state index is 0.864. The fourth-order valence-electron chi connectivity index (χ4n) is 0.751. The van der Waals surface area contributed by atoms with Crippen molar-refractivity contribution >= 4 is 6.21 Å². The van der Waals surface area contributed by atoms with Crippen LogP contribution in [0.3, 0.4) is 0 Å². The van der Waals surface area contributed by atoms with Crippen molar-refractivity contribution in [3.05, 3.63) is 35.9 Å². The lowest BCUT2D eigenvalue weighted by Gasteiger charge is -1.92. The molecule has 0 aromatic heterocycles. The number of hydrogen-bond donors (Lipinski definition) is 1. The van der Waals surface area contributed by atoms with Crippen molar-refractivity contribution in [3.63, 3.8) is 0 Å². The van der Waals surface area contributed by atoms with E-state index in [-0.39, 0.29) is 0 Å². The third-order valence-electron chi connectivity index (χ3n) is 1.26. The molecule has 58 valence electrons. The van der Waals surface area contributed by atoms with E-state index in [0.29, 0.717) is 0 Å². The molecule has 0 aliphatic carbocycles. The summed E-state index contributed by atoms with van der Waals surface area (Å²) in [6.45, 7) is 2.88. The molecule has 1 aromatic carbocycles. The molecule has 0 spiro atoms. The first-order valence-corrected chi connectivity index (χ1v) is 3.74. The van der Waals surface area contributed by atoms with Crippen LogP contribution >= 0.6 is 0 Å². The number of rotatable bonds is 3. The van der Waals surface area contributed by atoms with Crippen LogP contribution in [0.4, 0.5) is 0 Å². The van der Waals surface area contributed by atoms with Gasteiger partial charge in [0, 0.05) is 6.54 Å². The molecule has 0 saturated heterocycles. The molecule has 0 atom stereocenters. The topological polar surface area (TPSA) is 24.4 Å². The number of nitrogens with zero attached hydrogens (tertiary/aromatic N) is 1. The Morgan fingerprint density at radius 2 is 2.09 bits per heavy atom. The molecular formula is C9H12N2. The summed E-state index contributed by atoms with van der Waals surface area (Å²) in [4.78, 5) is 0. The Morgan fingerprint density at radius 3 is 2.73 bits per heavy atom. The van der Waals surface area contributed by atoms with Crippen LogP contribution < -0.4 is 5.43 Å². The maximum atomic E-state index is 3.99. The number of hydrazone groups is 1. The molecule has 1 N–H and O–H groups in total. The van der Waals surface area contributed by atoms with E-state index in [4.69, 9.17) is 0 Å². The van der Waals surface area contributed by atoms with Crippen molar-refractivity contribution in [1.29, 1.82) is 0 Å². The molecule has 0 saturated carbocycles. The Balaban J connectivity index is 2.50. The van der Waals surface area contributed by atoms with Gasteiger partial charge in [0.2, 0.25) is 0 Å². The van der Waals surface area contributed by atoms with E-state index in [1.54, 1.807) is 0 Å². The average molecular weight is 148 g/mol. The van der Waals surface area contributed by atoms with Gasteiger partial charge in [-0.05, 0) is 12.5 Å². The van der Waals surface area contributed by atoms with Gasteiger partial charge in [-0.25, -0.2) is 0 Å². The smallest absolute Gasteiger partial charge is 0.0540 e. The first kappa shape index (κ1) is 7.79. The molecule has 0 radical (unpaired) electrons. The van der Waals surface area contributed by atoms with Crippen molar-refractivity contribution in [2.75, 3.05) is 6.54 Å². The van der Waals surface area contributed by atoms with Crippen LogP contribution in [0.1, 0.15) is 12.5 Å². The van der Waals surface area contributed by atoms with E-state index in [9.17, 15) is 0 Å². The molecule has 0 unspecified atom stereocenters. The lowest BCUT2D eigenvalue weighted by atomic mass is 10.2. The highest BCUT2D eigenvalue weighted by atomic mass is 15.3. The van der Waals surface area contributed by atoms with E-state index in [1.165, 1.54) is 0 Å². The van der Waals surface area contributed by atoms with Crippen molar-refractivity contribution in [1.82, 2.24) is 5.43 Å². The number of hydrogen-bond acceptors (Lipinski definition) is 2. The maximum absolute atomic E-state index is 3.99. The van der Waals surface area contributed by atoms with Gasteiger partial charge in [0.05, 0.1) is 6.21 Å². The van der Waals surface area contributed by atoms with Gasteiger partial charge in [-0.1, -0.05) is 30.3 Å². The van der Waals surface area contributed by atoms with Crippen LogP contribution in [0.2, 0.25) is 0 Å². The summed E-state index contributed by atoms with van der Waals surface area (Å²) in [6, 6.07) is 10.0. The van der Waals surface area contributed by atoms with Crippen molar-refractivity contribution in [3.8, 4) is 0 Å². The summed E-state index contributed by atoms with van der Waals surface area (Å²) in [5, 5.41) is 3.99. The Labute approximate surface area is 66.9 Å².